The van der Waals surface area contributed by atoms with Crippen LogP contribution in [-0.4, -0.2) is 35.3 Å². The molecular weight excluding hydrogens is 484 g/mol. The Kier molecular flexibility index (Phi) is 7.19. The number of carbonyl (C=O) groups excluding carboxylic acids is 1. The number of fused-ring (bicyclic) bond motifs is 1. The van der Waals surface area contributed by atoms with Gasteiger partial charge in [0.05, 0.1) is 42.4 Å². The maximum Gasteiger partial charge on any atom is 0.256 e. The van der Waals surface area contributed by atoms with Crippen LogP contribution in [0.15, 0.2) is 94.9 Å². The minimum atomic E-state index is -0.237. The molecule has 0 atom stereocenters. The normalized spacial score (nSPS) is 11.1. The molecule has 7 nitrogen and oxygen atoms in total. The van der Waals surface area contributed by atoms with Gasteiger partial charge in [-0.2, -0.15) is 5.10 Å². The zero-order chi connectivity index (χ0) is 25.6. The van der Waals surface area contributed by atoms with Crippen LogP contribution in [0.1, 0.15) is 21.7 Å². The van der Waals surface area contributed by atoms with Crippen molar-refractivity contribution >= 4 is 46.4 Å². The lowest BCUT2D eigenvalue weighted by atomic mass is 10.2. The summed E-state index contributed by atoms with van der Waals surface area (Å²) in [6, 6.07) is 24.6. The number of pyridine rings is 1. The smallest absolute Gasteiger partial charge is 0.256 e. The van der Waals surface area contributed by atoms with E-state index >= 15 is 0 Å². The highest BCUT2D eigenvalue weighted by atomic mass is 32.2. The molecule has 2 aromatic heterocycles. The van der Waals surface area contributed by atoms with E-state index in [1.165, 1.54) is 11.8 Å². The summed E-state index contributed by atoms with van der Waals surface area (Å²) in [6.07, 6.45) is 5.64. The van der Waals surface area contributed by atoms with Gasteiger partial charge >= 0.3 is 0 Å². The number of carbonyl (C=O) groups is 1. The Labute approximate surface area is 218 Å². The van der Waals surface area contributed by atoms with Crippen molar-refractivity contribution in [3.63, 3.8) is 0 Å². The van der Waals surface area contributed by atoms with Gasteiger partial charge in [0.2, 0.25) is 0 Å². The molecule has 1 amide bonds. The van der Waals surface area contributed by atoms with E-state index in [2.05, 4.69) is 20.5 Å². The highest BCUT2D eigenvalue weighted by molar-refractivity contribution is 7.99. The Morgan fingerprint density at radius 1 is 0.946 bits per heavy atom. The Balaban J connectivity index is 1.37. The maximum absolute atomic E-state index is 13.2. The number of rotatable bonds is 8. The van der Waals surface area contributed by atoms with E-state index in [9.17, 15) is 4.79 Å². The van der Waals surface area contributed by atoms with E-state index in [0.29, 0.717) is 22.7 Å². The first-order valence-corrected chi connectivity index (χ1v) is 12.3. The summed E-state index contributed by atoms with van der Waals surface area (Å²) in [6.45, 7) is 0. The van der Waals surface area contributed by atoms with Crippen LogP contribution >= 0.6 is 11.8 Å². The summed E-state index contributed by atoms with van der Waals surface area (Å²) >= 11 is 1.51. The van der Waals surface area contributed by atoms with Crippen LogP contribution in [0.5, 0.6) is 11.5 Å². The fraction of sp³-hybridized carbons (Fsp3) is 0.0690. The Bertz CT molecular complexity index is 1580. The number of hydrogen-bond acceptors (Lipinski definition) is 6. The second-order valence-electron chi connectivity index (χ2n) is 8.02. The van der Waals surface area contributed by atoms with Gasteiger partial charge in [-0.25, -0.2) is 0 Å². The van der Waals surface area contributed by atoms with Gasteiger partial charge in [-0.3, -0.25) is 14.9 Å². The maximum atomic E-state index is 13.2. The number of nitrogens with zero attached hydrogens (tertiary/aromatic N) is 2. The van der Waals surface area contributed by atoms with E-state index in [1.54, 1.807) is 44.7 Å². The van der Waals surface area contributed by atoms with Crippen molar-refractivity contribution in [1.29, 1.82) is 0 Å². The zero-order valence-corrected chi connectivity index (χ0v) is 21.1. The van der Waals surface area contributed by atoms with Gasteiger partial charge < -0.3 is 14.8 Å². The molecule has 0 spiro atoms. The third-order valence-corrected chi connectivity index (χ3v) is 6.74. The fourth-order valence-electron chi connectivity index (χ4n) is 3.82. The lowest BCUT2D eigenvalue weighted by molar-refractivity contribution is 0.102. The Hall–Kier alpha value is -4.56. The molecule has 2 heterocycles. The molecule has 0 bridgehead atoms. The van der Waals surface area contributed by atoms with Crippen LogP contribution in [0.2, 0.25) is 0 Å². The van der Waals surface area contributed by atoms with Crippen molar-refractivity contribution in [2.75, 3.05) is 19.5 Å². The van der Waals surface area contributed by atoms with Gasteiger partial charge in [-0.05, 0) is 66.7 Å². The Morgan fingerprint density at radius 2 is 1.81 bits per heavy atom. The highest BCUT2D eigenvalue weighted by Gasteiger charge is 2.16. The molecule has 37 heavy (non-hydrogen) atoms. The zero-order valence-electron chi connectivity index (χ0n) is 20.3. The quantitative estimate of drug-likeness (QED) is 0.247. The molecule has 0 saturated heterocycles. The first-order valence-electron chi connectivity index (χ1n) is 11.5. The molecule has 5 rings (SSSR count). The minimum Gasteiger partial charge on any atom is -0.497 e. The standard InChI is InChI=1S/C29H24N4O3S/c1-35-20-11-15-27(36-2)26(17-20)31-29(34)23-8-3-4-9-28(23)37-21-12-13-22-24(32-33-25(22)18-21)14-10-19-7-5-6-16-30-19/h3-18H,1-2H3,(H,31,34)(H,32,33)/b14-10+. The second kappa shape index (κ2) is 11.0. The molecule has 0 aliphatic heterocycles. The van der Waals surface area contributed by atoms with Gasteiger partial charge in [0.25, 0.3) is 5.91 Å². The predicted molar refractivity (Wildman–Crippen MR) is 147 cm³/mol. The van der Waals surface area contributed by atoms with Crippen molar-refractivity contribution in [2.45, 2.75) is 9.79 Å². The number of benzene rings is 3. The second-order valence-corrected chi connectivity index (χ2v) is 9.14. The molecule has 0 unspecified atom stereocenters. The number of amides is 1. The molecular formula is C29H24N4O3S. The number of methoxy groups -OCH3 is 2. The summed E-state index contributed by atoms with van der Waals surface area (Å²) in [4.78, 5) is 19.4. The average molecular weight is 509 g/mol. The number of H-pyrrole nitrogens is 1. The molecule has 3 aromatic carbocycles. The van der Waals surface area contributed by atoms with Crippen LogP contribution in [0.3, 0.4) is 0 Å². The van der Waals surface area contributed by atoms with Crippen molar-refractivity contribution in [2.24, 2.45) is 0 Å². The van der Waals surface area contributed by atoms with Crippen LogP contribution in [-0.2, 0) is 0 Å². The summed E-state index contributed by atoms with van der Waals surface area (Å²) in [7, 11) is 3.14. The summed E-state index contributed by atoms with van der Waals surface area (Å²) in [5.74, 6) is 0.942. The SMILES string of the molecule is COc1ccc(OC)c(NC(=O)c2ccccc2Sc2ccc3c(/C=C/c4ccccn4)n[nH]c3c2)c1. The van der Waals surface area contributed by atoms with Crippen molar-refractivity contribution in [1.82, 2.24) is 15.2 Å². The van der Waals surface area contributed by atoms with Crippen molar-refractivity contribution in [3.05, 3.63) is 102 Å². The van der Waals surface area contributed by atoms with E-state index in [0.717, 1.165) is 32.1 Å². The number of ether oxygens (including phenoxy) is 2. The molecule has 184 valence electrons. The highest BCUT2D eigenvalue weighted by Crippen LogP contribution is 2.34. The monoisotopic (exact) mass is 508 g/mol. The third-order valence-electron chi connectivity index (χ3n) is 5.68. The number of aromatic nitrogens is 3. The Morgan fingerprint density at radius 3 is 2.62 bits per heavy atom. The molecule has 5 aromatic rings. The van der Waals surface area contributed by atoms with Crippen LogP contribution in [0, 0.1) is 0 Å². The van der Waals surface area contributed by atoms with Crippen LogP contribution < -0.4 is 14.8 Å². The molecule has 2 N–H and O–H groups in total. The molecule has 0 aliphatic rings. The molecule has 0 saturated carbocycles. The average Bonchev–Trinajstić information content (AvgIpc) is 3.34. The first kappa shape index (κ1) is 24.1. The van der Waals surface area contributed by atoms with Crippen molar-refractivity contribution < 1.29 is 14.3 Å². The van der Waals surface area contributed by atoms with Gasteiger partial charge in [0.15, 0.2) is 0 Å². The molecule has 0 radical (unpaired) electrons. The van der Waals surface area contributed by atoms with Gasteiger partial charge in [-0.1, -0.05) is 30.0 Å². The number of anilines is 1. The first-order chi connectivity index (χ1) is 18.1. The largest absolute Gasteiger partial charge is 0.497 e. The number of aromatic amines is 1. The predicted octanol–water partition coefficient (Wildman–Crippen LogP) is 6.55. The summed E-state index contributed by atoms with van der Waals surface area (Å²) in [5.41, 5.74) is 3.71. The lowest BCUT2D eigenvalue weighted by Gasteiger charge is -2.13. The van der Waals surface area contributed by atoms with Gasteiger partial charge in [0.1, 0.15) is 11.5 Å². The van der Waals surface area contributed by atoms with Gasteiger partial charge in [0, 0.05) is 27.4 Å². The lowest BCUT2D eigenvalue weighted by Crippen LogP contribution is -2.13. The number of nitrogens with one attached hydrogen (secondary N) is 2. The van der Waals surface area contributed by atoms with Crippen LogP contribution in [0.4, 0.5) is 5.69 Å². The van der Waals surface area contributed by atoms with Crippen molar-refractivity contribution in [3.8, 4) is 11.5 Å². The van der Waals surface area contributed by atoms with Crippen LogP contribution in [0.25, 0.3) is 23.1 Å². The molecule has 0 fully saturated rings. The van der Waals surface area contributed by atoms with E-state index in [4.69, 9.17) is 9.47 Å². The van der Waals surface area contributed by atoms with E-state index in [1.807, 2.05) is 66.7 Å². The van der Waals surface area contributed by atoms with E-state index in [-0.39, 0.29) is 5.91 Å². The van der Waals surface area contributed by atoms with Gasteiger partial charge in [-0.15, -0.1) is 0 Å². The van der Waals surface area contributed by atoms with E-state index < -0.39 is 0 Å². The third kappa shape index (κ3) is 5.49. The fourth-order valence-corrected chi connectivity index (χ4v) is 4.80. The number of hydrogen-bond donors (Lipinski definition) is 2. The summed E-state index contributed by atoms with van der Waals surface area (Å²) < 4.78 is 10.7. The minimum absolute atomic E-state index is 0.237. The summed E-state index contributed by atoms with van der Waals surface area (Å²) in [5, 5.41) is 11.5. The molecule has 0 aliphatic carbocycles. The topological polar surface area (TPSA) is 89.1 Å². The molecule has 8 heteroatoms.